The molecule has 0 radical (unpaired) electrons. The normalized spacial score (nSPS) is 11.2. The van der Waals surface area contributed by atoms with Crippen LogP contribution in [0.15, 0.2) is 83.8 Å². The fourth-order valence-corrected chi connectivity index (χ4v) is 4.83. The maximum absolute atomic E-state index is 13.3. The molecule has 0 bridgehead atoms. The van der Waals surface area contributed by atoms with Gasteiger partial charge in [0.05, 0.1) is 10.6 Å². The van der Waals surface area contributed by atoms with Crippen molar-refractivity contribution in [3.63, 3.8) is 0 Å². The Kier molecular flexibility index (Phi) is 7.47. The average Bonchev–Trinajstić information content (AvgIpc) is 2.75. The number of rotatable bonds is 9. The lowest BCUT2D eigenvalue weighted by molar-refractivity contribution is -0.119. The van der Waals surface area contributed by atoms with Crippen LogP contribution in [-0.2, 0) is 21.2 Å². The van der Waals surface area contributed by atoms with E-state index in [-0.39, 0.29) is 17.3 Å². The van der Waals surface area contributed by atoms with Crippen LogP contribution >= 0.6 is 0 Å². The molecule has 0 fully saturated rings. The van der Waals surface area contributed by atoms with Crippen molar-refractivity contribution in [3.8, 4) is 0 Å². The zero-order valence-corrected chi connectivity index (χ0v) is 18.7. The third-order valence-electron chi connectivity index (χ3n) is 4.95. The van der Waals surface area contributed by atoms with Crippen LogP contribution in [0.1, 0.15) is 23.1 Å². The van der Waals surface area contributed by atoms with Crippen molar-refractivity contribution in [3.05, 3.63) is 95.6 Å². The zero-order valence-electron chi connectivity index (χ0n) is 17.9. The Morgan fingerprint density at radius 3 is 2.23 bits per heavy atom. The van der Waals surface area contributed by atoms with E-state index in [2.05, 4.69) is 30.4 Å². The van der Waals surface area contributed by atoms with E-state index in [9.17, 15) is 13.2 Å². The number of anilines is 1. The molecule has 0 aliphatic rings. The molecule has 6 heteroatoms. The summed E-state index contributed by atoms with van der Waals surface area (Å²) >= 11 is 0. The van der Waals surface area contributed by atoms with Gasteiger partial charge in [-0.25, -0.2) is 8.42 Å². The Hall–Kier alpha value is -3.12. The smallest absolute Gasteiger partial charge is 0.264 e. The maximum Gasteiger partial charge on any atom is 0.264 e. The summed E-state index contributed by atoms with van der Waals surface area (Å²) in [5.41, 5.74) is 3.83. The monoisotopic (exact) mass is 436 g/mol. The highest BCUT2D eigenvalue weighted by atomic mass is 32.2. The van der Waals surface area contributed by atoms with Crippen molar-refractivity contribution in [2.75, 3.05) is 17.4 Å². The number of aryl methyl sites for hydroxylation is 3. The Morgan fingerprint density at radius 1 is 0.871 bits per heavy atom. The summed E-state index contributed by atoms with van der Waals surface area (Å²) in [5, 5.41) is 2.86. The molecule has 0 unspecified atom stereocenters. The van der Waals surface area contributed by atoms with Crippen LogP contribution in [-0.4, -0.2) is 27.4 Å². The minimum atomic E-state index is -3.87. The summed E-state index contributed by atoms with van der Waals surface area (Å²) in [4.78, 5) is 12.8. The first-order valence-electron chi connectivity index (χ1n) is 10.3. The first-order valence-corrected chi connectivity index (χ1v) is 11.8. The lowest BCUT2D eigenvalue weighted by atomic mass is 10.1. The van der Waals surface area contributed by atoms with Crippen LogP contribution in [0.25, 0.3) is 0 Å². The highest BCUT2D eigenvalue weighted by molar-refractivity contribution is 7.92. The van der Waals surface area contributed by atoms with Gasteiger partial charge in [-0.1, -0.05) is 60.2 Å². The molecule has 3 aromatic rings. The van der Waals surface area contributed by atoms with Crippen LogP contribution in [0.2, 0.25) is 0 Å². The number of amides is 1. The Balaban J connectivity index is 1.69. The number of carbonyl (C=O) groups excluding carboxylic acids is 1. The molecule has 0 heterocycles. The lowest BCUT2D eigenvalue weighted by Gasteiger charge is -2.24. The standard InChI is InChI=1S/C25H28N2O3S/c1-20-9-6-11-22(17-20)12-8-16-26-25(28)19-27(23-13-7-10-21(2)18-23)31(29,30)24-14-4-3-5-15-24/h3-7,9-11,13-15,17-18H,8,12,16,19H2,1-2H3,(H,26,28). The number of nitrogens with one attached hydrogen (secondary N) is 1. The minimum absolute atomic E-state index is 0.156. The van der Waals surface area contributed by atoms with E-state index >= 15 is 0 Å². The maximum atomic E-state index is 13.3. The van der Waals surface area contributed by atoms with Gasteiger partial charge in [-0.15, -0.1) is 0 Å². The first kappa shape index (κ1) is 22.6. The van der Waals surface area contributed by atoms with Gasteiger partial charge in [-0.05, 0) is 62.1 Å². The Morgan fingerprint density at radius 2 is 1.55 bits per heavy atom. The predicted octanol–water partition coefficient (Wildman–Crippen LogP) is 4.25. The number of nitrogens with zero attached hydrogens (tertiary/aromatic N) is 1. The summed E-state index contributed by atoms with van der Waals surface area (Å²) in [7, 11) is -3.87. The first-order chi connectivity index (χ1) is 14.9. The third-order valence-corrected chi connectivity index (χ3v) is 6.74. The van der Waals surface area contributed by atoms with Gasteiger partial charge in [0.15, 0.2) is 0 Å². The number of hydrogen-bond acceptors (Lipinski definition) is 3. The van der Waals surface area contributed by atoms with Crippen molar-refractivity contribution in [2.45, 2.75) is 31.6 Å². The van der Waals surface area contributed by atoms with Crippen molar-refractivity contribution < 1.29 is 13.2 Å². The van der Waals surface area contributed by atoms with E-state index in [4.69, 9.17) is 0 Å². The molecule has 162 valence electrons. The predicted molar refractivity (Wildman–Crippen MR) is 125 cm³/mol. The molecule has 3 aromatic carbocycles. The molecule has 3 rings (SSSR count). The molecule has 1 amide bonds. The molecule has 0 saturated carbocycles. The van der Waals surface area contributed by atoms with E-state index in [0.717, 1.165) is 18.4 Å². The molecule has 0 saturated heterocycles. The Bertz CT molecular complexity index is 1130. The molecule has 0 atom stereocenters. The quantitative estimate of drug-likeness (QED) is 0.510. The largest absolute Gasteiger partial charge is 0.355 e. The molecule has 0 spiro atoms. The topological polar surface area (TPSA) is 66.5 Å². The SMILES string of the molecule is Cc1cccc(CCCNC(=O)CN(c2cccc(C)c2)S(=O)(=O)c2ccccc2)c1. The minimum Gasteiger partial charge on any atom is -0.355 e. The zero-order chi connectivity index (χ0) is 22.3. The molecule has 5 nitrogen and oxygen atoms in total. The second-order valence-electron chi connectivity index (χ2n) is 7.61. The highest BCUT2D eigenvalue weighted by Gasteiger charge is 2.27. The van der Waals surface area contributed by atoms with E-state index in [0.29, 0.717) is 12.2 Å². The number of sulfonamides is 1. The summed E-state index contributed by atoms with van der Waals surface area (Å²) in [5.74, 6) is -0.328. The van der Waals surface area contributed by atoms with Crippen LogP contribution in [0, 0.1) is 13.8 Å². The van der Waals surface area contributed by atoms with Gasteiger partial charge in [-0.3, -0.25) is 9.10 Å². The van der Waals surface area contributed by atoms with Crippen molar-refractivity contribution >= 4 is 21.6 Å². The molecule has 0 aliphatic carbocycles. The molecular weight excluding hydrogens is 408 g/mol. The summed E-state index contributed by atoms with van der Waals surface area (Å²) < 4.78 is 27.7. The van der Waals surface area contributed by atoms with Gasteiger partial charge in [0.2, 0.25) is 5.91 Å². The van der Waals surface area contributed by atoms with Crippen LogP contribution in [0.3, 0.4) is 0 Å². The van der Waals surface area contributed by atoms with Gasteiger partial charge in [0.25, 0.3) is 10.0 Å². The fraction of sp³-hybridized carbons (Fsp3) is 0.240. The van der Waals surface area contributed by atoms with E-state index < -0.39 is 10.0 Å². The number of benzene rings is 3. The molecule has 0 aliphatic heterocycles. The van der Waals surface area contributed by atoms with Gasteiger partial charge in [0.1, 0.15) is 6.54 Å². The third kappa shape index (κ3) is 6.18. The van der Waals surface area contributed by atoms with E-state index in [1.165, 1.54) is 27.6 Å². The van der Waals surface area contributed by atoms with Gasteiger partial charge in [-0.2, -0.15) is 0 Å². The van der Waals surface area contributed by atoms with Crippen LogP contribution < -0.4 is 9.62 Å². The van der Waals surface area contributed by atoms with Gasteiger partial charge in [0, 0.05) is 6.54 Å². The van der Waals surface area contributed by atoms with Crippen LogP contribution in [0.5, 0.6) is 0 Å². The van der Waals surface area contributed by atoms with Crippen LogP contribution in [0.4, 0.5) is 5.69 Å². The summed E-state index contributed by atoms with van der Waals surface area (Å²) in [6, 6.07) is 23.6. The fourth-order valence-electron chi connectivity index (χ4n) is 3.39. The highest BCUT2D eigenvalue weighted by Crippen LogP contribution is 2.24. The summed E-state index contributed by atoms with van der Waals surface area (Å²) in [6.07, 6.45) is 1.64. The molecule has 31 heavy (non-hydrogen) atoms. The Labute approximate surface area is 184 Å². The van der Waals surface area contributed by atoms with Crippen molar-refractivity contribution in [1.82, 2.24) is 5.32 Å². The number of carbonyl (C=O) groups is 1. The molecule has 0 aromatic heterocycles. The lowest BCUT2D eigenvalue weighted by Crippen LogP contribution is -2.41. The van der Waals surface area contributed by atoms with Gasteiger partial charge < -0.3 is 5.32 Å². The van der Waals surface area contributed by atoms with Crippen molar-refractivity contribution in [1.29, 1.82) is 0 Å². The van der Waals surface area contributed by atoms with Gasteiger partial charge >= 0.3 is 0 Å². The van der Waals surface area contributed by atoms with E-state index in [1.54, 1.807) is 36.4 Å². The van der Waals surface area contributed by atoms with Crippen molar-refractivity contribution in [2.24, 2.45) is 0 Å². The molecular formula is C25H28N2O3S. The number of hydrogen-bond donors (Lipinski definition) is 1. The molecule has 1 N–H and O–H groups in total. The van der Waals surface area contributed by atoms with E-state index in [1.807, 2.05) is 19.1 Å². The second kappa shape index (κ2) is 10.3. The second-order valence-corrected chi connectivity index (χ2v) is 9.47. The summed E-state index contributed by atoms with van der Waals surface area (Å²) in [6.45, 7) is 4.16. The average molecular weight is 437 g/mol.